The zero-order chi connectivity index (χ0) is 15.0. The molecule has 2 heterocycles. The van der Waals surface area contributed by atoms with E-state index >= 15 is 0 Å². The lowest BCUT2D eigenvalue weighted by Gasteiger charge is -2.02. The van der Waals surface area contributed by atoms with Gasteiger partial charge in [0.15, 0.2) is 5.42 Å². The number of aromatic hydroxyl groups is 1. The van der Waals surface area contributed by atoms with Gasteiger partial charge >= 0.3 is 11.7 Å². The predicted octanol–water partition coefficient (Wildman–Crippen LogP) is -0.924. The quantitative estimate of drug-likeness (QED) is 0.717. The van der Waals surface area contributed by atoms with E-state index in [0.717, 1.165) is 4.57 Å². The van der Waals surface area contributed by atoms with Crippen molar-refractivity contribution in [2.75, 3.05) is 7.11 Å². The van der Waals surface area contributed by atoms with Crippen molar-refractivity contribution >= 4 is 12.0 Å². The van der Waals surface area contributed by atoms with Gasteiger partial charge in [0.25, 0.3) is 5.56 Å². The van der Waals surface area contributed by atoms with Crippen LogP contribution in [0.3, 0.4) is 0 Å². The number of aromatic nitrogens is 1. The molecule has 1 aromatic heterocycles. The first-order valence-electron chi connectivity index (χ1n) is 5.95. The summed E-state index contributed by atoms with van der Waals surface area (Å²) in [6.07, 6.45) is 1.35. The van der Waals surface area contributed by atoms with Gasteiger partial charge in [-0.2, -0.15) is 0 Å². The highest BCUT2D eigenvalue weighted by molar-refractivity contribution is 5.69. The number of methoxy groups -OCH3 is 1. The smallest absolute Gasteiger partial charge is 0.355 e. The van der Waals surface area contributed by atoms with E-state index in [9.17, 15) is 14.7 Å². The number of nitrogens with zero attached hydrogens (tertiary/aromatic N) is 2. The lowest BCUT2D eigenvalue weighted by atomic mass is 10.2. The van der Waals surface area contributed by atoms with Gasteiger partial charge in [0.2, 0.25) is 0 Å². The standard InChI is InChI=1S/C13H10N2O6/c1-19-8-3-2-7(9(16)5-8)4-10-12(18)15-6-11(17)21-14-13(15)20-10/h2-5,16H,6H2,1H3/b10-4+. The molecule has 3 rings (SSSR count). The van der Waals surface area contributed by atoms with E-state index in [1.54, 1.807) is 12.1 Å². The fourth-order valence-corrected chi connectivity index (χ4v) is 1.88. The number of fused-ring (bicyclic) bond motifs is 1. The number of benzene rings is 1. The first kappa shape index (κ1) is 13.0. The van der Waals surface area contributed by atoms with Crippen LogP contribution in [0.25, 0.3) is 6.08 Å². The molecule has 0 saturated carbocycles. The number of hydrogen-bond donors (Lipinski definition) is 1. The lowest BCUT2D eigenvalue weighted by molar-refractivity contribution is -0.147. The Morgan fingerprint density at radius 3 is 2.95 bits per heavy atom. The van der Waals surface area contributed by atoms with Gasteiger partial charge < -0.3 is 19.1 Å². The number of ether oxygens (including phenoxy) is 1. The minimum atomic E-state index is -0.649. The van der Waals surface area contributed by atoms with Gasteiger partial charge in [-0.3, -0.25) is 4.79 Å². The van der Waals surface area contributed by atoms with Gasteiger partial charge in [-0.25, -0.2) is 9.36 Å². The molecule has 1 N–H and O–H groups in total. The van der Waals surface area contributed by atoms with Gasteiger partial charge in [0.1, 0.15) is 18.0 Å². The molecule has 2 aromatic rings. The van der Waals surface area contributed by atoms with E-state index in [-0.39, 0.29) is 23.4 Å². The van der Waals surface area contributed by atoms with E-state index in [2.05, 4.69) is 9.99 Å². The monoisotopic (exact) mass is 290 g/mol. The molecule has 21 heavy (non-hydrogen) atoms. The molecular formula is C13H10N2O6. The summed E-state index contributed by atoms with van der Waals surface area (Å²) in [5, 5.41) is 13.2. The van der Waals surface area contributed by atoms with Crippen LogP contribution in [0.5, 0.6) is 11.5 Å². The van der Waals surface area contributed by atoms with Crippen molar-refractivity contribution in [3.8, 4) is 11.5 Å². The van der Waals surface area contributed by atoms with Crippen molar-refractivity contribution in [1.29, 1.82) is 0 Å². The average Bonchev–Trinajstić information content (AvgIpc) is 2.78. The molecule has 1 aliphatic heterocycles. The molecular weight excluding hydrogens is 280 g/mol. The Morgan fingerprint density at radius 1 is 1.43 bits per heavy atom. The normalized spacial score (nSPS) is 14.3. The molecule has 0 atom stereocenters. The van der Waals surface area contributed by atoms with Crippen LogP contribution in [0.1, 0.15) is 5.56 Å². The molecule has 0 unspecified atom stereocenters. The third kappa shape index (κ3) is 2.27. The Labute approximate surface area is 117 Å². The Kier molecular flexibility index (Phi) is 2.98. The van der Waals surface area contributed by atoms with Gasteiger partial charge in [-0.05, 0) is 23.4 Å². The molecule has 0 saturated heterocycles. The van der Waals surface area contributed by atoms with Crippen LogP contribution in [-0.4, -0.2) is 22.8 Å². The van der Waals surface area contributed by atoms with Crippen molar-refractivity contribution in [3.05, 3.63) is 45.2 Å². The van der Waals surface area contributed by atoms with Crippen molar-refractivity contribution in [2.45, 2.75) is 6.54 Å². The van der Waals surface area contributed by atoms with Crippen LogP contribution in [0.2, 0.25) is 0 Å². The zero-order valence-corrected chi connectivity index (χ0v) is 10.9. The third-order valence-electron chi connectivity index (χ3n) is 2.93. The second-order valence-corrected chi connectivity index (χ2v) is 4.26. The van der Waals surface area contributed by atoms with Crippen molar-refractivity contribution in [2.24, 2.45) is 5.16 Å². The fraction of sp³-hybridized carbons (Fsp3) is 0.154. The van der Waals surface area contributed by atoms with Gasteiger partial charge in [-0.15, -0.1) is 0 Å². The Balaban J connectivity index is 2.14. The molecule has 1 aromatic carbocycles. The molecule has 1 aliphatic rings. The summed E-state index contributed by atoms with van der Waals surface area (Å²) in [7, 11) is 1.48. The summed E-state index contributed by atoms with van der Waals surface area (Å²) in [6, 6.07) is 4.60. The number of oxazole rings is 1. The van der Waals surface area contributed by atoms with Crippen molar-refractivity contribution in [3.63, 3.8) is 0 Å². The van der Waals surface area contributed by atoms with Crippen LogP contribution in [0.15, 0.2) is 32.6 Å². The molecule has 8 nitrogen and oxygen atoms in total. The van der Waals surface area contributed by atoms with Crippen molar-refractivity contribution < 1.29 is 23.9 Å². The van der Waals surface area contributed by atoms with E-state index in [1.165, 1.54) is 19.3 Å². The van der Waals surface area contributed by atoms with Crippen molar-refractivity contribution in [1.82, 2.24) is 4.57 Å². The summed E-state index contributed by atoms with van der Waals surface area (Å²) in [6.45, 7) is -0.260. The number of hydrogen-bond acceptors (Lipinski definition) is 7. The molecule has 0 bridgehead atoms. The Hall–Kier alpha value is -3.03. The maximum atomic E-state index is 12.1. The maximum Gasteiger partial charge on any atom is 0.355 e. The Morgan fingerprint density at radius 2 is 2.24 bits per heavy atom. The number of phenols is 1. The van der Waals surface area contributed by atoms with Crippen LogP contribution in [0, 0.1) is 0 Å². The molecule has 8 heteroatoms. The second kappa shape index (κ2) is 4.82. The van der Waals surface area contributed by atoms with Crippen LogP contribution in [-0.2, 0) is 16.2 Å². The van der Waals surface area contributed by atoms with E-state index in [4.69, 9.17) is 9.15 Å². The largest absolute Gasteiger partial charge is 0.507 e. The SMILES string of the molecule is COc1ccc(/C=c2/oc3n(c2=O)CC(=O)ON=3)c(O)c1. The second-order valence-electron chi connectivity index (χ2n) is 4.26. The summed E-state index contributed by atoms with van der Waals surface area (Å²) >= 11 is 0. The van der Waals surface area contributed by atoms with Crippen LogP contribution < -0.4 is 21.4 Å². The number of carbonyl (C=O) groups excluding carboxylic acids is 1. The summed E-state index contributed by atoms with van der Waals surface area (Å²) in [5.41, 5.74) is -0.321. The highest BCUT2D eigenvalue weighted by Gasteiger charge is 2.18. The summed E-state index contributed by atoms with van der Waals surface area (Å²) < 4.78 is 11.2. The third-order valence-corrected chi connectivity index (χ3v) is 2.93. The first-order valence-corrected chi connectivity index (χ1v) is 5.95. The average molecular weight is 290 g/mol. The fourth-order valence-electron chi connectivity index (χ4n) is 1.88. The van der Waals surface area contributed by atoms with E-state index in [0.29, 0.717) is 11.3 Å². The van der Waals surface area contributed by atoms with Gasteiger partial charge in [0.05, 0.1) is 7.11 Å². The molecule has 0 fully saturated rings. The molecule has 0 spiro atoms. The highest BCUT2D eigenvalue weighted by Crippen LogP contribution is 2.23. The first-order chi connectivity index (χ1) is 10.1. The van der Waals surface area contributed by atoms with Gasteiger partial charge in [-0.1, -0.05) is 0 Å². The topological polar surface area (TPSA) is 103 Å². The van der Waals surface area contributed by atoms with Gasteiger partial charge in [0, 0.05) is 11.6 Å². The van der Waals surface area contributed by atoms with E-state index in [1.807, 2.05) is 0 Å². The molecule has 0 radical (unpaired) electrons. The summed E-state index contributed by atoms with van der Waals surface area (Å²) in [5.74, 6) is -0.240. The minimum Gasteiger partial charge on any atom is -0.507 e. The zero-order valence-electron chi connectivity index (χ0n) is 10.9. The molecule has 108 valence electrons. The predicted molar refractivity (Wildman–Crippen MR) is 68.1 cm³/mol. The number of rotatable bonds is 2. The lowest BCUT2D eigenvalue weighted by Crippen LogP contribution is -2.37. The molecule has 0 amide bonds. The number of phenolic OH excluding ortho intramolecular Hbond substituents is 1. The Bertz CT molecular complexity index is 892. The van der Waals surface area contributed by atoms with Crippen LogP contribution in [0.4, 0.5) is 0 Å². The van der Waals surface area contributed by atoms with E-state index < -0.39 is 11.5 Å². The minimum absolute atomic E-state index is 0.0625. The number of carbonyl (C=O) groups is 1. The molecule has 0 aliphatic carbocycles. The summed E-state index contributed by atoms with van der Waals surface area (Å²) in [4.78, 5) is 27.6. The van der Waals surface area contributed by atoms with Crippen LogP contribution >= 0.6 is 0 Å². The highest BCUT2D eigenvalue weighted by atomic mass is 16.7. The maximum absolute atomic E-state index is 12.1.